The van der Waals surface area contributed by atoms with E-state index < -0.39 is 5.92 Å². The van der Waals surface area contributed by atoms with Gasteiger partial charge in [0.1, 0.15) is 24.0 Å². The van der Waals surface area contributed by atoms with E-state index in [1.165, 1.54) is 0 Å². The normalized spacial score (nSPS) is 18.8. The lowest BCUT2D eigenvalue weighted by atomic mass is 9.70. The maximum absolute atomic E-state index is 13.3. The number of ether oxygens (including phenoxy) is 3. The molecule has 5 rings (SSSR count). The summed E-state index contributed by atoms with van der Waals surface area (Å²) in [5.74, 6) is 1.11. The predicted octanol–water partition coefficient (Wildman–Crippen LogP) is 6.27. The minimum Gasteiger partial charge on any atom is -0.490 e. The van der Waals surface area contributed by atoms with Crippen LogP contribution in [0.15, 0.2) is 83.5 Å². The number of hydrogen-bond acceptors (Lipinski definition) is 6. The third kappa shape index (κ3) is 4.65. The van der Waals surface area contributed by atoms with Gasteiger partial charge in [0.05, 0.1) is 12.5 Å². The van der Waals surface area contributed by atoms with Gasteiger partial charge >= 0.3 is 0 Å². The van der Waals surface area contributed by atoms with Gasteiger partial charge in [0.25, 0.3) is 0 Å². The van der Waals surface area contributed by atoms with E-state index in [1.807, 2.05) is 57.2 Å². The van der Waals surface area contributed by atoms with Gasteiger partial charge < -0.3 is 19.9 Å². The van der Waals surface area contributed by atoms with Crippen LogP contribution in [0, 0.1) is 16.7 Å². The van der Waals surface area contributed by atoms with E-state index in [9.17, 15) is 10.1 Å². The molecule has 0 spiro atoms. The van der Waals surface area contributed by atoms with Crippen LogP contribution in [-0.2, 0) is 16.1 Å². The van der Waals surface area contributed by atoms with Crippen molar-refractivity contribution in [2.24, 2.45) is 11.1 Å². The fourth-order valence-corrected chi connectivity index (χ4v) is 5.28. The highest BCUT2D eigenvalue weighted by Crippen LogP contribution is 2.48. The van der Waals surface area contributed by atoms with E-state index in [4.69, 9.17) is 19.9 Å². The van der Waals surface area contributed by atoms with Gasteiger partial charge in [-0.2, -0.15) is 5.26 Å². The maximum Gasteiger partial charge on any atom is 0.205 e. The van der Waals surface area contributed by atoms with Gasteiger partial charge in [0.15, 0.2) is 17.3 Å². The zero-order valence-corrected chi connectivity index (χ0v) is 21.3. The van der Waals surface area contributed by atoms with Crippen LogP contribution in [0.2, 0.25) is 0 Å². The van der Waals surface area contributed by atoms with Gasteiger partial charge in [-0.15, -0.1) is 0 Å². The van der Waals surface area contributed by atoms with Gasteiger partial charge in [-0.25, -0.2) is 0 Å². The quantitative estimate of drug-likeness (QED) is 0.434. The van der Waals surface area contributed by atoms with Crippen molar-refractivity contribution in [3.63, 3.8) is 0 Å². The third-order valence-electron chi connectivity index (χ3n) is 6.94. The fraction of sp³-hybridized carbons (Fsp3) is 0.290. The van der Waals surface area contributed by atoms with Crippen LogP contribution in [-0.4, -0.2) is 12.4 Å². The smallest absolute Gasteiger partial charge is 0.205 e. The van der Waals surface area contributed by atoms with Gasteiger partial charge in [-0.3, -0.25) is 4.79 Å². The largest absolute Gasteiger partial charge is 0.490 e. The summed E-state index contributed by atoms with van der Waals surface area (Å²) in [7, 11) is 0. The summed E-state index contributed by atoms with van der Waals surface area (Å²) in [5, 5.41) is 12.2. The molecule has 1 aliphatic heterocycles. The second-order valence-corrected chi connectivity index (χ2v) is 10.3. The topological polar surface area (TPSA) is 94.6 Å². The molecule has 0 amide bonds. The number of carbonyl (C=O) groups is 1. The Kier molecular flexibility index (Phi) is 6.39. The number of allylic oxidation sites excluding steroid dienone is 3. The lowest BCUT2D eigenvalue weighted by Crippen LogP contribution is -2.33. The summed E-state index contributed by atoms with van der Waals surface area (Å²) >= 11 is 0. The number of carbonyl (C=O) groups excluding carboxylic acids is 1. The van der Waals surface area contributed by atoms with Crippen molar-refractivity contribution >= 4 is 16.6 Å². The van der Waals surface area contributed by atoms with Crippen molar-refractivity contribution in [3.8, 4) is 17.6 Å². The van der Waals surface area contributed by atoms with Crippen LogP contribution in [0.25, 0.3) is 10.8 Å². The molecule has 1 heterocycles. The molecule has 2 N–H and O–H groups in total. The first-order valence-electron chi connectivity index (χ1n) is 12.5. The Morgan fingerprint density at radius 3 is 2.62 bits per heavy atom. The number of nitrogens with two attached hydrogens (primary N) is 1. The number of nitriles is 1. The number of rotatable bonds is 6. The average Bonchev–Trinajstić information content (AvgIpc) is 2.86. The second kappa shape index (κ2) is 9.67. The van der Waals surface area contributed by atoms with Crippen LogP contribution >= 0.6 is 0 Å². The van der Waals surface area contributed by atoms with Crippen LogP contribution < -0.4 is 15.2 Å². The fourth-order valence-electron chi connectivity index (χ4n) is 5.28. The van der Waals surface area contributed by atoms with Crippen LogP contribution in [0.4, 0.5) is 0 Å². The summed E-state index contributed by atoms with van der Waals surface area (Å²) in [4.78, 5) is 13.3. The SMILES string of the molecule is CCOc1cc([C@H]2C(C#N)=C(N)OC3=C2C(=O)CC(C)(C)C3)ccc1OCc1cccc2ccccc12. The summed E-state index contributed by atoms with van der Waals surface area (Å²) in [5.41, 5.74) is 8.50. The Labute approximate surface area is 216 Å². The van der Waals surface area contributed by atoms with Gasteiger partial charge in [0.2, 0.25) is 5.88 Å². The highest BCUT2D eigenvalue weighted by molar-refractivity contribution is 6.00. The zero-order chi connectivity index (χ0) is 26.2. The van der Waals surface area contributed by atoms with E-state index in [2.05, 4.69) is 30.3 Å². The number of Topliss-reactive ketones (excluding diaryl/α,β-unsaturated/α-hetero) is 1. The zero-order valence-electron chi connectivity index (χ0n) is 21.3. The molecule has 1 atom stereocenters. The Morgan fingerprint density at radius 1 is 1.05 bits per heavy atom. The minimum absolute atomic E-state index is 0.0225. The predicted molar refractivity (Wildman–Crippen MR) is 142 cm³/mol. The molecule has 3 aromatic carbocycles. The van der Waals surface area contributed by atoms with Crippen LogP contribution in [0.1, 0.15) is 50.7 Å². The number of hydrogen-bond donors (Lipinski definition) is 1. The first kappa shape index (κ1) is 24.5. The summed E-state index contributed by atoms with van der Waals surface area (Å²) in [6, 6.07) is 22.1. The molecular weight excluding hydrogens is 464 g/mol. The van der Waals surface area contributed by atoms with Gasteiger partial charge in [-0.05, 0) is 46.4 Å². The highest BCUT2D eigenvalue weighted by Gasteiger charge is 2.43. The number of fused-ring (bicyclic) bond motifs is 1. The lowest BCUT2D eigenvalue weighted by Gasteiger charge is -2.37. The maximum atomic E-state index is 13.3. The van der Waals surface area contributed by atoms with E-state index >= 15 is 0 Å². The summed E-state index contributed by atoms with van der Waals surface area (Å²) in [6.45, 7) is 6.77. The highest BCUT2D eigenvalue weighted by atomic mass is 16.5. The molecule has 6 nitrogen and oxygen atoms in total. The minimum atomic E-state index is -0.608. The van der Waals surface area contributed by atoms with Crippen molar-refractivity contribution in [1.29, 1.82) is 5.26 Å². The molecular formula is C31H30N2O4. The third-order valence-corrected chi connectivity index (χ3v) is 6.94. The Balaban J connectivity index is 1.51. The van der Waals surface area contributed by atoms with Gasteiger partial charge in [0, 0.05) is 18.4 Å². The van der Waals surface area contributed by atoms with E-state index in [1.54, 1.807) is 0 Å². The molecule has 1 aliphatic carbocycles. The van der Waals surface area contributed by atoms with Crippen molar-refractivity contribution < 1.29 is 19.0 Å². The monoisotopic (exact) mass is 494 g/mol. The Morgan fingerprint density at radius 2 is 1.84 bits per heavy atom. The number of nitrogens with zero attached hydrogens (tertiary/aromatic N) is 1. The van der Waals surface area contributed by atoms with Crippen molar-refractivity contribution in [1.82, 2.24) is 0 Å². The summed E-state index contributed by atoms with van der Waals surface area (Å²) < 4.78 is 18.0. The molecule has 0 bridgehead atoms. The molecule has 2 aliphatic rings. The summed E-state index contributed by atoms with van der Waals surface area (Å²) in [6.07, 6.45) is 0.962. The average molecular weight is 495 g/mol. The molecule has 0 aromatic heterocycles. The molecule has 6 heteroatoms. The van der Waals surface area contributed by atoms with Crippen molar-refractivity contribution in [3.05, 3.63) is 94.6 Å². The molecule has 0 fully saturated rings. The first-order chi connectivity index (χ1) is 17.8. The molecule has 188 valence electrons. The van der Waals surface area contributed by atoms with Crippen molar-refractivity contribution in [2.45, 2.75) is 46.1 Å². The number of benzene rings is 3. The standard InChI is InChI=1S/C31H30N2O4/c1-4-35-26-14-20(12-13-25(26)36-18-21-10-7-9-19-8-5-6-11-22(19)21)28-23(17-32)30(33)37-27-16-31(2,3)15-24(34)29(27)28/h5-14,28H,4,15-16,18,33H2,1-3H3/t28-/m0/s1. The van der Waals surface area contributed by atoms with E-state index in [0.717, 1.165) is 21.9 Å². The van der Waals surface area contributed by atoms with Crippen molar-refractivity contribution in [2.75, 3.05) is 6.61 Å². The molecule has 0 unspecified atom stereocenters. The Bertz CT molecular complexity index is 1490. The van der Waals surface area contributed by atoms with Gasteiger partial charge in [-0.1, -0.05) is 62.4 Å². The van der Waals surface area contributed by atoms with E-state index in [-0.39, 0.29) is 22.7 Å². The van der Waals surface area contributed by atoms with E-state index in [0.29, 0.717) is 48.9 Å². The lowest BCUT2D eigenvalue weighted by molar-refractivity contribution is -0.119. The second-order valence-electron chi connectivity index (χ2n) is 10.3. The molecule has 0 saturated carbocycles. The first-order valence-corrected chi connectivity index (χ1v) is 12.5. The molecule has 0 radical (unpaired) electrons. The molecule has 37 heavy (non-hydrogen) atoms. The van der Waals surface area contributed by atoms with Crippen LogP contribution in [0.5, 0.6) is 11.5 Å². The number of ketones is 1. The Hall–Kier alpha value is -4.24. The molecule has 3 aromatic rings. The molecule has 0 saturated heterocycles. The van der Waals surface area contributed by atoms with Crippen LogP contribution in [0.3, 0.4) is 0 Å².